The molecule has 0 spiro atoms. The van der Waals surface area contributed by atoms with Gasteiger partial charge in [-0.05, 0) is 44.6 Å². The number of benzene rings is 1. The molecular weight excluding hydrogens is 242 g/mol. The maximum Gasteiger partial charge on any atom is 0.311 e. The molecule has 1 saturated carbocycles. The first-order valence-corrected chi connectivity index (χ1v) is 6.55. The predicted molar refractivity (Wildman–Crippen MR) is 73.3 cm³/mol. The molecule has 1 fully saturated rings. The van der Waals surface area contributed by atoms with E-state index < -0.39 is 11.4 Å². The van der Waals surface area contributed by atoms with Crippen LogP contribution >= 0.6 is 0 Å². The number of hydrogen-bond donors (Lipinski definition) is 1. The topological polar surface area (TPSA) is 49.8 Å². The van der Waals surface area contributed by atoms with Crippen LogP contribution in [0.3, 0.4) is 0 Å². The van der Waals surface area contributed by atoms with Crippen molar-refractivity contribution in [3.05, 3.63) is 29.8 Å². The highest BCUT2D eigenvalue weighted by molar-refractivity contribution is 5.77. The highest BCUT2D eigenvalue weighted by Crippen LogP contribution is 2.52. The van der Waals surface area contributed by atoms with Crippen LogP contribution in [0, 0.1) is 5.41 Å². The van der Waals surface area contributed by atoms with E-state index >= 15 is 0 Å². The van der Waals surface area contributed by atoms with Gasteiger partial charge in [0.1, 0.15) is 5.75 Å². The van der Waals surface area contributed by atoms with Crippen LogP contribution < -0.4 is 4.74 Å². The van der Waals surface area contributed by atoms with Crippen LogP contribution in [-0.2, 0) is 4.79 Å². The summed E-state index contributed by atoms with van der Waals surface area (Å²) in [5.41, 5.74) is 0.349. The summed E-state index contributed by atoms with van der Waals surface area (Å²) in [6.07, 6.45) is 2.46. The Morgan fingerprint density at radius 2 is 2.11 bits per heavy atom. The predicted octanol–water partition coefficient (Wildman–Crippen LogP) is 2.55. The second-order valence-corrected chi connectivity index (χ2v) is 5.46. The van der Waals surface area contributed by atoms with E-state index in [1.165, 1.54) is 0 Å². The van der Waals surface area contributed by atoms with Crippen molar-refractivity contribution in [2.45, 2.75) is 25.3 Å². The fourth-order valence-corrected chi connectivity index (χ4v) is 3.08. The summed E-state index contributed by atoms with van der Waals surface area (Å²) in [5, 5.41) is 9.63. The lowest BCUT2D eigenvalue weighted by Gasteiger charge is -2.47. The average molecular weight is 263 g/mol. The van der Waals surface area contributed by atoms with Gasteiger partial charge >= 0.3 is 5.97 Å². The summed E-state index contributed by atoms with van der Waals surface area (Å²) in [6, 6.07) is 7.60. The Bertz CT molecular complexity index is 466. The van der Waals surface area contributed by atoms with Crippen molar-refractivity contribution in [1.82, 2.24) is 4.90 Å². The normalized spacial score (nSPS) is 18.7. The van der Waals surface area contributed by atoms with Gasteiger partial charge in [0.05, 0.1) is 18.6 Å². The molecule has 19 heavy (non-hydrogen) atoms. The molecule has 0 amide bonds. The van der Waals surface area contributed by atoms with Gasteiger partial charge in [-0.25, -0.2) is 0 Å². The summed E-state index contributed by atoms with van der Waals surface area (Å²) < 4.78 is 5.24. The molecule has 0 bridgehead atoms. The molecule has 1 atom stereocenters. The lowest BCUT2D eigenvalue weighted by Crippen LogP contribution is -2.48. The number of carboxylic acids is 1. The SMILES string of the molecule is COc1cccc(C(N(C)C)C2(C(=O)O)CCC2)c1. The molecule has 1 unspecified atom stereocenters. The number of nitrogens with zero attached hydrogens (tertiary/aromatic N) is 1. The fraction of sp³-hybridized carbons (Fsp3) is 0.533. The molecule has 1 aromatic rings. The molecule has 2 rings (SSSR count). The molecular formula is C15H21NO3. The first-order chi connectivity index (χ1) is 9.01. The molecule has 0 heterocycles. The number of carboxylic acid groups (broad SMARTS) is 1. The molecule has 1 aliphatic carbocycles. The second kappa shape index (κ2) is 5.21. The maximum absolute atomic E-state index is 11.7. The average Bonchev–Trinajstić information content (AvgIpc) is 2.32. The number of ether oxygens (including phenoxy) is 1. The van der Waals surface area contributed by atoms with Gasteiger partial charge in [0.2, 0.25) is 0 Å². The highest BCUT2D eigenvalue weighted by atomic mass is 16.5. The minimum absolute atomic E-state index is 0.117. The third kappa shape index (κ3) is 2.32. The van der Waals surface area contributed by atoms with Crippen LogP contribution in [0.2, 0.25) is 0 Å². The Morgan fingerprint density at radius 3 is 2.53 bits per heavy atom. The lowest BCUT2D eigenvalue weighted by molar-refractivity contribution is -0.161. The Balaban J connectivity index is 2.42. The summed E-state index contributed by atoms with van der Waals surface area (Å²) in [7, 11) is 5.50. The molecule has 4 nitrogen and oxygen atoms in total. The number of carbonyl (C=O) groups is 1. The zero-order valence-corrected chi connectivity index (χ0v) is 11.7. The van der Waals surface area contributed by atoms with Crippen molar-refractivity contribution in [3.8, 4) is 5.75 Å². The van der Waals surface area contributed by atoms with E-state index in [1.54, 1.807) is 7.11 Å². The van der Waals surface area contributed by atoms with Crippen molar-refractivity contribution >= 4 is 5.97 Å². The van der Waals surface area contributed by atoms with Crippen molar-refractivity contribution < 1.29 is 14.6 Å². The minimum Gasteiger partial charge on any atom is -0.497 e. The van der Waals surface area contributed by atoms with Crippen LogP contribution in [-0.4, -0.2) is 37.2 Å². The molecule has 1 aliphatic rings. The summed E-state index contributed by atoms with van der Waals surface area (Å²) in [6.45, 7) is 0. The van der Waals surface area contributed by atoms with E-state index in [-0.39, 0.29) is 6.04 Å². The Morgan fingerprint density at radius 1 is 1.42 bits per heavy atom. The van der Waals surface area contributed by atoms with E-state index in [9.17, 15) is 9.90 Å². The van der Waals surface area contributed by atoms with Crippen LogP contribution in [0.1, 0.15) is 30.9 Å². The van der Waals surface area contributed by atoms with E-state index in [1.807, 2.05) is 43.3 Å². The number of methoxy groups -OCH3 is 1. The van der Waals surface area contributed by atoms with Crippen molar-refractivity contribution in [2.24, 2.45) is 5.41 Å². The molecule has 0 saturated heterocycles. The third-order valence-corrected chi connectivity index (χ3v) is 4.12. The van der Waals surface area contributed by atoms with Gasteiger partial charge in [0.25, 0.3) is 0 Å². The Kier molecular flexibility index (Phi) is 3.80. The Hall–Kier alpha value is -1.55. The first kappa shape index (κ1) is 13.9. The fourth-order valence-electron chi connectivity index (χ4n) is 3.08. The molecule has 1 N–H and O–H groups in total. The minimum atomic E-state index is -0.694. The molecule has 0 aliphatic heterocycles. The third-order valence-electron chi connectivity index (χ3n) is 4.12. The number of rotatable bonds is 5. The smallest absolute Gasteiger partial charge is 0.311 e. The Labute approximate surface area is 114 Å². The quantitative estimate of drug-likeness (QED) is 0.887. The van der Waals surface area contributed by atoms with Gasteiger partial charge in [-0.3, -0.25) is 4.79 Å². The standard InChI is InChI=1S/C15H21NO3/c1-16(2)13(15(14(17)18)8-5-9-15)11-6-4-7-12(10-11)19-3/h4,6-7,10,13H,5,8-9H2,1-3H3,(H,17,18). The highest BCUT2D eigenvalue weighted by Gasteiger charge is 2.52. The van der Waals surface area contributed by atoms with Gasteiger partial charge < -0.3 is 14.7 Å². The first-order valence-electron chi connectivity index (χ1n) is 6.55. The molecule has 104 valence electrons. The van der Waals surface area contributed by atoms with E-state index in [0.717, 1.165) is 30.6 Å². The van der Waals surface area contributed by atoms with Crippen LogP contribution in [0.25, 0.3) is 0 Å². The van der Waals surface area contributed by atoms with E-state index in [4.69, 9.17) is 4.74 Å². The number of hydrogen-bond acceptors (Lipinski definition) is 3. The van der Waals surface area contributed by atoms with E-state index in [0.29, 0.717) is 0 Å². The lowest BCUT2D eigenvalue weighted by atomic mass is 9.62. The van der Waals surface area contributed by atoms with Crippen LogP contribution in [0.4, 0.5) is 0 Å². The number of aliphatic carboxylic acids is 1. The van der Waals surface area contributed by atoms with Gasteiger partial charge in [-0.1, -0.05) is 18.6 Å². The summed E-state index contributed by atoms with van der Waals surface area (Å²) in [5.74, 6) is 0.0736. The van der Waals surface area contributed by atoms with Crippen LogP contribution in [0.5, 0.6) is 5.75 Å². The van der Waals surface area contributed by atoms with Gasteiger partial charge in [0, 0.05) is 0 Å². The van der Waals surface area contributed by atoms with Gasteiger partial charge in [-0.2, -0.15) is 0 Å². The second-order valence-electron chi connectivity index (χ2n) is 5.46. The maximum atomic E-state index is 11.7. The van der Waals surface area contributed by atoms with Crippen molar-refractivity contribution in [3.63, 3.8) is 0 Å². The molecule has 0 aromatic heterocycles. The zero-order valence-electron chi connectivity index (χ0n) is 11.7. The largest absolute Gasteiger partial charge is 0.497 e. The van der Waals surface area contributed by atoms with Gasteiger partial charge in [0.15, 0.2) is 0 Å². The summed E-state index contributed by atoms with van der Waals surface area (Å²) in [4.78, 5) is 13.7. The molecule has 0 radical (unpaired) electrons. The molecule has 1 aromatic carbocycles. The van der Waals surface area contributed by atoms with E-state index in [2.05, 4.69) is 0 Å². The molecule has 4 heteroatoms. The monoisotopic (exact) mass is 263 g/mol. The van der Waals surface area contributed by atoms with Crippen molar-refractivity contribution in [2.75, 3.05) is 21.2 Å². The van der Waals surface area contributed by atoms with Crippen LogP contribution in [0.15, 0.2) is 24.3 Å². The van der Waals surface area contributed by atoms with Gasteiger partial charge in [-0.15, -0.1) is 0 Å². The zero-order chi connectivity index (χ0) is 14.0. The van der Waals surface area contributed by atoms with Crippen molar-refractivity contribution in [1.29, 1.82) is 0 Å². The summed E-state index contributed by atoms with van der Waals surface area (Å²) >= 11 is 0.